The molecule has 7 nitrogen and oxygen atoms in total. The predicted octanol–water partition coefficient (Wildman–Crippen LogP) is 5.66. The number of Topliss-reactive ketones (excluding diaryl/α,β-unsaturated/α-hetero) is 2. The molecule has 2 aliphatic heterocycles. The van der Waals surface area contributed by atoms with Gasteiger partial charge in [-0.15, -0.1) is 0 Å². The van der Waals surface area contributed by atoms with Gasteiger partial charge < -0.3 is 19.7 Å². The number of ketones is 2. The summed E-state index contributed by atoms with van der Waals surface area (Å²) in [5.41, 5.74) is -0.386. The van der Waals surface area contributed by atoms with Crippen molar-refractivity contribution in [1.82, 2.24) is 0 Å². The topological polar surface area (TPSA) is 110 Å². The van der Waals surface area contributed by atoms with Gasteiger partial charge in [0.25, 0.3) is 0 Å². The highest BCUT2D eigenvalue weighted by molar-refractivity contribution is 6.18. The second-order valence-corrected chi connectivity index (χ2v) is 12.6. The highest BCUT2D eigenvalue weighted by atomic mass is 16.6. The summed E-state index contributed by atoms with van der Waals surface area (Å²) >= 11 is 0. The number of aromatic hydroxyl groups is 2. The molecule has 1 spiro atoms. The zero-order valence-electron chi connectivity index (χ0n) is 24.3. The van der Waals surface area contributed by atoms with E-state index in [4.69, 9.17) is 9.47 Å². The first-order chi connectivity index (χ1) is 18.7. The van der Waals surface area contributed by atoms with Gasteiger partial charge in [-0.2, -0.15) is 0 Å². The van der Waals surface area contributed by atoms with Crippen LogP contribution in [0.2, 0.25) is 0 Å². The molecule has 2 fully saturated rings. The molecule has 0 aromatic heterocycles. The van der Waals surface area contributed by atoms with Crippen LogP contribution >= 0.6 is 0 Å². The number of benzene rings is 1. The van der Waals surface area contributed by atoms with Gasteiger partial charge in [0.2, 0.25) is 0 Å². The van der Waals surface area contributed by atoms with Gasteiger partial charge in [-0.3, -0.25) is 14.4 Å². The van der Waals surface area contributed by atoms with E-state index in [9.17, 15) is 24.6 Å². The van der Waals surface area contributed by atoms with E-state index in [1.807, 2.05) is 53.7 Å². The SMILES string of the molecule is CC(C)=CCc1c(O)c(CC=C(C)C)c2c(c1O)C(=O)C1=CC3CC4C(C)(C)OC(C/C=C(\C)C=O)(C3=O)C14O2. The van der Waals surface area contributed by atoms with Crippen molar-refractivity contribution in [2.24, 2.45) is 11.8 Å². The molecular formula is C33H38O7. The monoisotopic (exact) mass is 546 g/mol. The Labute approximate surface area is 235 Å². The third-order valence-electron chi connectivity index (χ3n) is 9.02. The highest BCUT2D eigenvalue weighted by Crippen LogP contribution is 2.68. The summed E-state index contributed by atoms with van der Waals surface area (Å²) in [4.78, 5) is 40.0. The molecule has 6 rings (SSSR count). The van der Waals surface area contributed by atoms with E-state index in [0.29, 0.717) is 23.1 Å². The standard InChI is InChI=1S/C33H38O7/c1-17(2)8-10-21-26(35)22(11-9-18(3)4)29-25(27(21)36)28(37)23-14-20-15-24-31(6,7)40-32(30(20)38,33(23,24)39-29)13-12-19(5)16-34/h8-9,12,14,16,20,24,35-36H,10-11,13,15H2,1-7H3/b19-12+. The molecule has 2 heterocycles. The summed E-state index contributed by atoms with van der Waals surface area (Å²) in [6.07, 6.45) is 8.92. The van der Waals surface area contributed by atoms with Gasteiger partial charge in [0, 0.05) is 35.0 Å². The quantitative estimate of drug-likeness (QED) is 0.258. The number of carbonyl (C=O) groups excluding carboxylic acids is 3. The molecule has 7 heteroatoms. The number of allylic oxidation sites excluding steroid dienone is 6. The van der Waals surface area contributed by atoms with Gasteiger partial charge in [-0.25, -0.2) is 0 Å². The van der Waals surface area contributed by atoms with Crippen molar-refractivity contribution < 1.29 is 34.1 Å². The summed E-state index contributed by atoms with van der Waals surface area (Å²) in [6.45, 7) is 13.2. The lowest BCUT2D eigenvalue weighted by Crippen LogP contribution is -2.72. The molecule has 40 heavy (non-hydrogen) atoms. The lowest BCUT2D eigenvalue weighted by Gasteiger charge is -2.56. The fourth-order valence-corrected chi connectivity index (χ4v) is 7.11. The number of carbonyl (C=O) groups is 3. The van der Waals surface area contributed by atoms with Crippen molar-refractivity contribution in [3.63, 3.8) is 0 Å². The second-order valence-electron chi connectivity index (χ2n) is 12.6. The molecule has 4 bridgehead atoms. The Balaban J connectivity index is 1.82. The minimum Gasteiger partial charge on any atom is -0.507 e. The number of rotatable bonds is 7. The Morgan fingerprint density at radius 1 is 0.975 bits per heavy atom. The lowest BCUT2D eigenvalue weighted by atomic mass is 9.51. The average Bonchev–Trinajstić information content (AvgIpc) is 3.03. The van der Waals surface area contributed by atoms with Crippen LogP contribution in [0, 0.1) is 11.8 Å². The first kappa shape index (κ1) is 28.1. The van der Waals surface area contributed by atoms with Crippen molar-refractivity contribution in [3.05, 3.63) is 63.3 Å². The van der Waals surface area contributed by atoms with Crippen LogP contribution in [0.25, 0.3) is 0 Å². The molecule has 5 aliphatic rings. The van der Waals surface area contributed by atoms with Crippen LogP contribution in [0.5, 0.6) is 17.2 Å². The van der Waals surface area contributed by atoms with E-state index in [-0.39, 0.29) is 59.3 Å². The highest BCUT2D eigenvalue weighted by Gasteiger charge is 2.81. The molecule has 0 radical (unpaired) electrons. The van der Waals surface area contributed by atoms with E-state index < -0.39 is 28.5 Å². The zero-order valence-corrected chi connectivity index (χ0v) is 24.3. The maximum Gasteiger partial charge on any atom is 0.200 e. The number of hydrogen-bond acceptors (Lipinski definition) is 7. The Morgan fingerprint density at radius 2 is 1.60 bits per heavy atom. The normalized spacial score (nSPS) is 29.3. The van der Waals surface area contributed by atoms with Gasteiger partial charge in [0.05, 0.1) is 5.60 Å². The van der Waals surface area contributed by atoms with E-state index in [1.165, 1.54) is 0 Å². The minimum atomic E-state index is -1.54. The predicted molar refractivity (Wildman–Crippen MR) is 151 cm³/mol. The van der Waals surface area contributed by atoms with E-state index >= 15 is 0 Å². The second kappa shape index (κ2) is 9.30. The number of phenols is 2. The molecule has 1 saturated carbocycles. The lowest BCUT2D eigenvalue weighted by molar-refractivity contribution is -0.171. The number of hydrogen-bond donors (Lipinski definition) is 2. The van der Waals surface area contributed by atoms with Crippen LogP contribution in [0.4, 0.5) is 0 Å². The van der Waals surface area contributed by atoms with E-state index in [2.05, 4.69) is 0 Å². The molecule has 212 valence electrons. The molecule has 0 amide bonds. The van der Waals surface area contributed by atoms with Crippen LogP contribution in [0.3, 0.4) is 0 Å². The molecule has 1 aromatic carbocycles. The Bertz CT molecular complexity index is 1460. The third kappa shape index (κ3) is 3.70. The zero-order chi connectivity index (χ0) is 29.4. The number of ether oxygens (including phenoxy) is 2. The smallest absolute Gasteiger partial charge is 0.200 e. The van der Waals surface area contributed by atoms with Crippen molar-refractivity contribution in [1.29, 1.82) is 0 Å². The summed E-state index contributed by atoms with van der Waals surface area (Å²) in [6, 6.07) is 0. The molecule has 4 unspecified atom stereocenters. The van der Waals surface area contributed by atoms with Gasteiger partial charge in [-0.1, -0.05) is 35.5 Å². The minimum absolute atomic E-state index is 0.0101. The Kier molecular flexibility index (Phi) is 6.53. The van der Waals surface area contributed by atoms with Gasteiger partial charge in [0.1, 0.15) is 29.1 Å². The number of phenolic OH excluding ortho intramolecular Hbond substituents is 2. The molecule has 2 N–H and O–H groups in total. The molecule has 3 aliphatic carbocycles. The van der Waals surface area contributed by atoms with Gasteiger partial charge in [0.15, 0.2) is 22.8 Å². The van der Waals surface area contributed by atoms with Crippen LogP contribution < -0.4 is 4.74 Å². The third-order valence-corrected chi connectivity index (χ3v) is 9.02. The van der Waals surface area contributed by atoms with Crippen molar-refractivity contribution in [2.45, 2.75) is 91.0 Å². The van der Waals surface area contributed by atoms with Gasteiger partial charge >= 0.3 is 0 Å². The molecule has 4 atom stereocenters. The first-order valence-electron chi connectivity index (χ1n) is 13.9. The first-order valence-corrected chi connectivity index (χ1v) is 13.9. The summed E-state index contributed by atoms with van der Waals surface area (Å²) < 4.78 is 13.6. The van der Waals surface area contributed by atoms with E-state index in [0.717, 1.165) is 17.4 Å². The fraction of sp³-hybridized carbons (Fsp3) is 0.485. The number of fused-ring (bicyclic) bond motifs is 1. The average molecular weight is 547 g/mol. The summed E-state index contributed by atoms with van der Waals surface area (Å²) in [5, 5.41) is 23.0. The fourth-order valence-electron chi connectivity index (χ4n) is 7.11. The number of aldehydes is 1. The molecule has 1 saturated heterocycles. The maximum absolute atomic E-state index is 14.5. The van der Waals surface area contributed by atoms with Crippen LogP contribution in [0.15, 0.2) is 46.6 Å². The van der Waals surface area contributed by atoms with Crippen molar-refractivity contribution >= 4 is 17.9 Å². The van der Waals surface area contributed by atoms with Crippen LogP contribution in [-0.4, -0.2) is 44.9 Å². The molecule has 1 aromatic rings. The summed E-state index contributed by atoms with van der Waals surface area (Å²) in [7, 11) is 0. The van der Waals surface area contributed by atoms with Gasteiger partial charge in [-0.05, 0) is 73.3 Å². The Hall–Kier alpha value is -3.45. The molecular weight excluding hydrogens is 508 g/mol. The summed E-state index contributed by atoms with van der Waals surface area (Å²) in [5.74, 6) is -1.83. The Morgan fingerprint density at radius 3 is 2.20 bits per heavy atom. The van der Waals surface area contributed by atoms with Crippen molar-refractivity contribution in [2.75, 3.05) is 0 Å². The maximum atomic E-state index is 14.5. The van der Waals surface area contributed by atoms with Crippen LogP contribution in [-0.2, 0) is 27.2 Å². The largest absolute Gasteiger partial charge is 0.507 e. The van der Waals surface area contributed by atoms with Crippen molar-refractivity contribution in [3.8, 4) is 17.2 Å². The van der Waals surface area contributed by atoms with E-state index in [1.54, 1.807) is 19.1 Å². The van der Waals surface area contributed by atoms with Crippen LogP contribution in [0.1, 0.15) is 82.8 Å².